The van der Waals surface area contributed by atoms with Crippen LogP contribution < -0.4 is 5.32 Å². The minimum atomic E-state index is -0.525. The summed E-state index contributed by atoms with van der Waals surface area (Å²) in [5.41, 5.74) is 3.91. The van der Waals surface area contributed by atoms with Crippen LogP contribution in [0.4, 0.5) is 5.69 Å². The molecule has 146 valence electrons. The number of benzene rings is 3. The van der Waals surface area contributed by atoms with Gasteiger partial charge in [0.15, 0.2) is 0 Å². The van der Waals surface area contributed by atoms with Crippen LogP contribution in [0.3, 0.4) is 0 Å². The molecule has 0 aromatic heterocycles. The van der Waals surface area contributed by atoms with Crippen molar-refractivity contribution in [1.82, 2.24) is 0 Å². The number of nitrogens with one attached hydrogen (secondary N) is 1. The zero-order valence-corrected chi connectivity index (χ0v) is 17.3. The predicted octanol–water partition coefficient (Wildman–Crippen LogP) is 6.22. The summed E-state index contributed by atoms with van der Waals surface area (Å²) >= 11 is 12.3. The van der Waals surface area contributed by atoms with Crippen LogP contribution in [0, 0.1) is 25.2 Å². The van der Waals surface area contributed by atoms with Crippen molar-refractivity contribution in [3.8, 4) is 11.8 Å². The summed E-state index contributed by atoms with van der Waals surface area (Å²) in [4.78, 5) is 12.6. The van der Waals surface area contributed by atoms with Crippen LogP contribution in [0.2, 0.25) is 10.0 Å². The lowest BCUT2D eigenvalue weighted by molar-refractivity contribution is 0.102. The standard InChI is InChI=1S/C23H18Cl2N2O2/c1-13-6-8-15(9-7-13)18(12-26)17-10-14(2)21(11-20(17)25)27-23(29)16-4-3-5-19(24)22(16)28/h3-11,18,28H,1-2H3,(H,27,29). The fourth-order valence-corrected chi connectivity index (χ4v) is 3.48. The first-order valence-electron chi connectivity index (χ1n) is 8.87. The Bertz CT molecular complexity index is 1120. The molecule has 0 heterocycles. The first kappa shape index (κ1) is 20.7. The molecule has 0 aliphatic carbocycles. The molecule has 0 aliphatic heterocycles. The number of nitriles is 1. The van der Waals surface area contributed by atoms with Gasteiger partial charge in [0.2, 0.25) is 0 Å². The van der Waals surface area contributed by atoms with Gasteiger partial charge in [-0.25, -0.2) is 0 Å². The Morgan fingerprint density at radius 1 is 1.07 bits per heavy atom. The number of hydrogen-bond acceptors (Lipinski definition) is 3. The van der Waals surface area contributed by atoms with Gasteiger partial charge >= 0.3 is 0 Å². The zero-order valence-electron chi connectivity index (χ0n) is 15.8. The van der Waals surface area contributed by atoms with Gasteiger partial charge in [-0.05, 0) is 48.7 Å². The predicted molar refractivity (Wildman–Crippen MR) is 116 cm³/mol. The summed E-state index contributed by atoms with van der Waals surface area (Å²) in [5.74, 6) is -1.31. The zero-order chi connectivity index (χ0) is 21.1. The van der Waals surface area contributed by atoms with E-state index >= 15 is 0 Å². The number of hydrogen-bond donors (Lipinski definition) is 2. The van der Waals surface area contributed by atoms with Crippen LogP contribution in [0.1, 0.15) is 38.5 Å². The smallest absolute Gasteiger partial charge is 0.259 e. The van der Waals surface area contributed by atoms with E-state index in [4.69, 9.17) is 23.2 Å². The third-order valence-electron chi connectivity index (χ3n) is 4.67. The quantitative estimate of drug-likeness (QED) is 0.521. The van der Waals surface area contributed by atoms with Crippen molar-refractivity contribution >= 4 is 34.8 Å². The molecule has 3 aromatic rings. The average molecular weight is 425 g/mol. The largest absolute Gasteiger partial charge is 0.506 e. The summed E-state index contributed by atoms with van der Waals surface area (Å²) in [6, 6.07) is 18.0. The number of rotatable bonds is 4. The number of aryl methyl sites for hydroxylation is 2. The minimum Gasteiger partial charge on any atom is -0.506 e. The van der Waals surface area contributed by atoms with Crippen molar-refractivity contribution in [3.63, 3.8) is 0 Å². The van der Waals surface area contributed by atoms with E-state index in [0.29, 0.717) is 16.3 Å². The summed E-state index contributed by atoms with van der Waals surface area (Å²) in [6.45, 7) is 3.80. The Morgan fingerprint density at radius 3 is 2.41 bits per heavy atom. The summed E-state index contributed by atoms with van der Waals surface area (Å²) < 4.78 is 0. The highest BCUT2D eigenvalue weighted by atomic mass is 35.5. The topological polar surface area (TPSA) is 73.1 Å². The molecule has 3 rings (SSSR count). The summed E-state index contributed by atoms with van der Waals surface area (Å²) in [5, 5.41) is 22.9. The van der Waals surface area contributed by atoms with Crippen molar-refractivity contribution in [2.45, 2.75) is 19.8 Å². The Hall–Kier alpha value is -3.00. The van der Waals surface area contributed by atoms with Gasteiger partial charge in [-0.3, -0.25) is 4.79 Å². The van der Waals surface area contributed by atoms with Crippen molar-refractivity contribution in [1.29, 1.82) is 5.26 Å². The Balaban J connectivity index is 1.93. The Morgan fingerprint density at radius 2 is 1.76 bits per heavy atom. The molecule has 6 heteroatoms. The van der Waals surface area contributed by atoms with Crippen LogP contribution in [0.25, 0.3) is 0 Å². The van der Waals surface area contributed by atoms with Crippen molar-refractivity contribution < 1.29 is 9.90 Å². The number of carbonyl (C=O) groups is 1. The molecule has 0 saturated carbocycles. The maximum Gasteiger partial charge on any atom is 0.259 e. The maximum absolute atomic E-state index is 12.6. The number of nitrogens with zero attached hydrogens (tertiary/aromatic N) is 1. The molecule has 2 N–H and O–H groups in total. The number of phenols is 1. The van der Waals surface area contributed by atoms with Crippen LogP contribution in [-0.2, 0) is 0 Å². The van der Waals surface area contributed by atoms with Crippen molar-refractivity contribution in [2.75, 3.05) is 5.32 Å². The Kier molecular flexibility index (Phi) is 6.12. The van der Waals surface area contributed by atoms with Gasteiger partial charge in [0.25, 0.3) is 5.91 Å². The molecular weight excluding hydrogens is 407 g/mol. The van der Waals surface area contributed by atoms with E-state index in [-0.39, 0.29) is 16.3 Å². The van der Waals surface area contributed by atoms with E-state index in [9.17, 15) is 15.2 Å². The molecule has 0 saturated heterocycles. The molecule has 3 aromatic carbocycles. The number of aromatic hydroxyl groups is 1. The molecule has 0 bridgehead atoms. The maximum atomic E-state index is 12.6. The van der Waals surface area contributed by atoms with E-state index in [1.807, 2.05) is 38.1 Å². The molecule has 0 fully saturated rings. The van der Waals surface area contributed by atoms with E-state index in [2.05, 4.69) is 11.4 Å². The van der Waals surface area contributed by atoms with Crippen molar-refractivity contribution in [2.24, 2.45) is 0 Å². The average Bonchev–Trinajstić information content (AvgIpc) is 2.69. The second-order valence-electron chi connectivity index (χ2n) is 6.75. The molecule has 4 nitrogen and oxygen atoms in total. The van der Waals surface area contributed by atoms with E-state index in [1.54, 1.807) is 18.2 Å². The lowest BCUT2D eigenvalue weighted by Crippen LogP contribution is -2.13. The second-order valence-corrected chi connectivity index (χ2v) is 7.57. The van der Waals surface area contributed by atoms with Crippen LogP contribution in [0.15, 0.2) is 54.6 Å². The first-order valence-corrected chi connectivity index (χ1v) is 9.62. The van der Waals surface area contributed by atoms with E-state index in [0.717, 1.165) is 16.7 Å². The van der Waals surface area contributed by atoms with Crippen molar-refractivity contribution in [3.05, 3.63) is 92.5 Å². The highest BCUT2D eigenvalue weighted by Gasteiger charge is 2.20. The third-order valence-corrected chi connectivity index (χ3v) is 5.31. The number of halogens is 2. The van der Waals surface area contributed by atoms with Gasteiger partial charge in [0.05, 0.1) is 22.6 Å². The molecular formula is C23H18Cl2N2O2. The fourth-order valence-electron chi connectivity index (χ4n) is 3.03. The minimum absolute atomic E-state index is 0.0617. The first-order chi connectivity index (χ1) is 13.8. The lowest BCUT2D eigenvalue weighted by Gasteiger charge is -2.16. The number of para-hydroxylation sites is 1. The van der Waals surface area contributed by atoms with Crippen LogP contribution >= 0.6 is 23.2 Å². The molecule has 29 heavy (non-hydrogen) atoms. The van der Waals surface area contributed by atoms with Gasteiger partial charge in [-0.1, -0.05) is 65.2 Å². The molecule has 0 spiro atoms. The third kappa shape index (κ3) is 4.37. The highest BCUT2D eigenvalue weighted by Crippen LogP contribution is 2.35. The molecule has 0 radical (unpaired) electrons. The SMILES string of the molecule is Cc1ccc(C(C#N)c2cc(C)c(NC(=O)c3cccc(Cl)c3O)cc2Cl)cc1. The molecule has 1 atom stereocenters. The molecule has 1 amide bonds. The Labute approximate surface area is 179 Å². The summed E-state index contributed by atoms with van der Waals surface area (Å²) in [7, 11) is 0. The van der Waals surface area contributed by atoms with Crippen LogP contribution in [-0.4, -0.2) is 11.0 Å². The van der Waals surface area contributed by atoms with Gasteiger partial charge in [0.1, 0.15) is 5.75 Å². The van der Waals surface area contributed by atoms with Gasteiger partial charge in [0, 0.05) is 10.7 Å². The van der Waals surface area contributed by atoms with Gasteiger partial charge < -0.3 is 10.4 Å². The van der Waals surface area contributed by atoms with Gasteiger partial charge in [-0.15, -0.1) is 0 Å². The number of anilines is 1. The fraction of sp³-hybridized carbons (Fsp3) is 0.130. The van der Waals surface area contributed by atoms with E-state index < -0.39 is 11.8 Å². The monoisotopic (exact) mass is 424 g/mol. The number of amides is 1. The van der Waals surface area contributed by atoms with Crippen LogP contribution in [0.5, 0.6) is 5.75 Å². The summed E-state index contributed by atoms with van der Waals surface area (Å²) in [6.07, 6.45) is 0. The van der Waals surface area contributed by atoms with E-state index in [1.165, 1.54) is 12.1 Å². The number of phenolic OH excluding ortho intramolecular Hbond substituents is 1. The normalized spacial score (nSPS) is 11.6. The molecule has 0 aliphatic rings. The highest BCUT2D eigenvalue weighted by molar-refractivity contribution is 6.33. The number of carbonyl (C=O) groups excluding carboxylic acids is 1. The second kappa shape index (κ2) is 8.57. The van der Waals surface area contributed by atoms with Gasteiger partial charge in [-0.2, -0.15) is 5.26 Å². The molecule has 1 unspecified atom stereocenters. The lowest BCUT2D eigenvalue weighted by atomic mass is 9.90.